The van der Waals surface area contributed by atoms with Gasteiger partial charge in [-0.15, -0.1) is 0 Å². The third-order valence-corrected chi connectivity index (χ3v) is 6.58. The lowest BCUT2D eigenvalue weighted by molar-refractivity contribution is 0.451. The second kappa shape index (κ2) is 6.31. The van der Waals surface area contributed by atoms with Crippen LogP contribution in [0.2, 0.25) is 10.0 Å². The Bertz CT molecular complexity index is 1870. The number of nitrogens with zero attached hydrogens (tertiary/aromatic N) is 4. The number of aryl methyl sites for hydroxylation is 2. The molecule has 2 aromatic heterocycles. The van der Waals surface area contributed by atoms with Crippen molar-refractivity contribution in [2.24, 2.45) is 24.1 Å². The molecule has 0 bridgehead atoms. The molecule has 0 unspecified atom stereocenters. The molecule has 34 heavy (non-hydrogen) atoms. The largest absolute Gasteiger partial charge is 0.451 e. The summed E-state index contributed by atoms with van der Waals surface area (Å²) in [5, 5.41) is 0.799. The average molecular weight is 497 g/mol. The second-order valence-corrected chi connectivity index (χ2v) is 8.60. The van der Waals surface area contributed by atoms with E-state index in [9.17, 15) is 9.59 Å². The molecule has 0 N–H and O–H groups in total. The molecule has 3 aromatic carbocycles. The van der Waals surface area contributed by atoms with Crippen LogP contribution in [0.25, 0.3) is 22.2 Å². The molecule has 0 fully saturated rings. The maximum absolute atomic E-state index is 11.9. The molecule has 2 aliphatic rings. The van der Waals surface area contributed by atoms with E-state index in [1.807, 2.05) is 0 Å². The summed E-state index contributed by atoms with van der Waals surface area (Å²) in [5.41, 5.74) is 2.62. The van der Waals surface area contributed by atoms with E-state index in [-0.39, 0.29) is 32.3 Å². The zero-order chi connectivity index (χ0) is 23.5. The monoisotopic (exact) mass is 496 g/mol. The molecule has 4 heterocycles. The van der Waals surface area contributed by atoms with Gasteiger partial charge in [0.15, 0.2) is 34.2 Å². The number of ether oxygens (including phenoxy) is 2. The predicted octanol–water partition coefficient (Wildman–Crippen LogP) is 4.00. The van der Waals surface area contributed by atoms with E-state index in [2.05, 4.69) is 9.98 Å². The molecule has 0 atom stereocenters. The van der Waals surface area contributed by atoms with Gasteiger partial charge in [-0.3, -0.25) is 9.13 Å². The molecular weight excluding hydrogens is 487 g/mol. The van der Waals surface area contributed by atoms with Gasteiger partial charge in [0.1, 0.15) is 32.1 Å². The zero-order valence-corrected chi connectivity index (χ0v) is 18.8. The Morgan fingerprint density at radius 2 is 1.12 bits per heavy atom. The fourth-order valence-corrected chi connectivity index (χ4v) is 4.61. The van der Waals surface area contributed by atoms with Gasteiger partial charge in [-0.05, 0) is 0 Å². The van der Waals surface area contributed by atoms with Crippen molar-refractivity contribution in [3.63, 3.8) is 0 Å². The highest BCUT2D eigenvalue weighted by molar-refractivity contribution is 6.35. The molecule has 7 rings (SSSR count). The summed E-state index contributed by atoms with van der Waals surface area (Å²) in [6.07, 6.45) is 0. The number of rotatable bonds is 0. The molecule has 168 valence electrons. The van der Waals surface area contributed by atoms with Gasteiger partial charge in [0.05, 0.1) is 11.0 Å². The average Bonchev–Trinajstić information content (AvgIpc) is 3.26. The Labute approximate surface area is 197 Å². The van der Waals surface area contributed by atoms with Crippen molar-refractivity contribution in [1.82, 2.24) is 9.13 Å². The number of fused-ring (bicyclic) bond motifs is 6. The van der Waals surface area contributed by atoms with Gasteiger partial charge in [-0.2, -0.15) is 0 Å². The van der Waals surface area contributed by atoms with E-state index in [4.69, 9.17) is 41.5 Å². The number of hydrogen-bond acceptors (Lipinski definition) is 8. The van der Waals surface area contributed by atoms with Crippen LogP contribution in [0.15, 0.2) is 52.7 Å². The van der Waals surface area contributed by atoms with Crippen LogP contribution in [0, 0.1) is 0 Å². The molecule has 5 aromatic rings. The Balaban J connectivity index is 1.49. The van der Waals surface area contributed by atoms with Crippen LogP contribution in [0.4, 0.5) is 11.4 Å². The zero-order valence-electron chi connectivity index (χ0n) is 17.3. The summed E-state index contributed by atoms with van der Waals surface area (Å²) >= 11 is 13.4. The Kier molecular flexibility index (Phi) is 3.61. The number of benzene rings is 3. The first-order valence-electron chi connectivity index (χ1n) is 9.91. The highest BCUT2D eigenvalue weighted by Crippen LogP contribution is 2.44. The lowest BCUT2D eigenvalue weighted by Crippen LogP contribution is -2.22. The molecule has 0 saturated carbocycles. The van der Waals surface area contributed by atoms with Gasteiger partial charge in [0, 0.05) is 38.4 Å². The SMILES string of the molecule is Cn1c(=O)oc2cc3c(cc21)Oc1c(Cl)c2c(c(Cl)c1=N3)Oc1cc3c(cc1N=2)oc(=O)n3C. The van der Waals surface area contributed by atoms with Gasteiger partial charge in [-0.25, -0.2) is 19.6 Å². The molecular formula is C22H10Cl2N4O6. The van der Waals surface area contributed by atoms with Crippen molar-refractivity contribution in [3.05, 3.63) is 66.1 Å². The lowest BCUT2D eigenvalue weighted by Gasteiger charge is -2.20. The summed E-state index contributed by atoms with van der Waals surface area (Å²) in [6.45, 7) is 0. The molecule has 0 aliphatic carbocycles. The van der Waals surface area contributed by atoms with Crippen molar-refractivity contribution in [3.8, 4) is 23.0 Å². The smallest absolute Gasteiger partial charge is 0.419 e. The minimum Gasteiger partial charge on any atom is -0.451 e. The maximum atomic E-state index is 11.9. The van der Waals surface area contributed by atoms with E-state index < -0.39 is 11.5 Å². The van der Waals surface area contributed by atoms with Crippen LogP contribution in [0.5, 0.6) is 23.0 Å². The highest BCUT2D eigenvalue weighted by atomic mass is 35.5. The van der Waals surface area contributed by atoms with E-state index in [1.54, 1.807) is 38.4 Å². The topological polar surface area (TPSA) is 113 Å². The van der Waals surface area contributed by atoms with Gasteiger partial charge in [0.2, 0.25) is 0 Å². The van der Waals surface area contributed by atoms with Gasteiger partial charge < -0.3 is 18.3 Å². The lowest BCUT2D eigenvalue weighted by atomic mass is 10.2. The number of oxazole rings is 2. The third kappa shape index (κ3) is 2.41. The van der Waals surface area contributed by atoms with E-state index in [0.29, 0.717) is 45.1 Å². The van der Waals surface area contributed by atoms with Crippen molar-refractivity contribution in [2.75, 3.05) is 0 Å². The first-order chi connectivity index (χ1) is 16.3. The fraction of sp³-hybridized carbons (Fsp3) is 0.0909. The number of hydrogen-bond donors (Lipinski definition) is 0. The van der Waals surface area contributed by atoms with Crippen LogP contribution in [0.1, 0.15) is 0 Å². The van der Waals surface area contributed by atoms with Crippen LogP contribution in [-0.2, 0) is 14.1 Å². The van der Waals surface area contributed by atoms with Gasteiger partial charge >= 0.3 is 11.5 Å². The summed E-state index contributed by atoms with van der Waals surface area (Å²) in [4.78, 5) is 33.0. The Morgan fingerprint density at radius 1 is 0.706 bits per heavy atom. The molecule has 12 heteroatoms. The van der Waals surface area contributed by atoms with Crippen LogP contribution >= 0.6 is 23.2 Å². The first-order valence-corrected chi connectivity index (χ1v) is 10.7. The number of halogens is 2. The standard InChI is InChI=1S/C22H10Cl2N4O6/c1-27-9-5-11-7(3-13(9)33-21(27)29)25-17-16(24)20-18(15(23)19(17)31-11)26-8-4-14-10(6-12(8)32-20)28(2)22(30)34-14/h3-6H,1-2H3. The summed E-state index contributed by atoms with van der Waals surface area (Å²) in [7, 11) is 3.18. The van der Waals surface area contributed by atoms with Crippen molar-refractivity contribution in [2.45, 2.75) is 0 Å². The van der Waals surface area contributed by atoms with E-state index in [0.717, 1.165) is 0 Å². The minimum absolute atomic E-state index is 0.144. The third-order valence-electron chi connectivity index (χ3n) is 5.88. The molecule has 2 aliphatic heterocycles. The van der Waals surface area contributed by atoms with Crippen molar-refractivity contribution >= 4 is 56.8 Å². The molecule has 0 radical (unpaired) electrons. The van der Waals surface area contributed by atoms with Gasteiger partial charge in [0.25, 0.3) is 0 Å². The first kappa shape index (κ1) is 19.4. The second-order valence-electron chi connectivity index (χ2n) is 7.84. The summed E-state index contributed by atoms with van der Waals surface area (Å²) in [6, 6.07) is 6.47. The molecule has 0 saturated heterocycles. The van der Waals surface area contributed by atoms with Gasteiger partial charge in [-0.1, -0.05) is 23.2 Å². The van der Waals surface area contributed by atoms with Crippen LogP contribution < -0.4 is 31.7 Å². The predicted molar refractivity (Wildman–Crippen MR) is 121 cm³/mol. The van der Waals surface area contributed by atoms with E-state index in [1.165, 1.54) is 9.13 Å². The van der Waals surface area contributed by atoms with Crippen LogP contribution in [0.3, 0.4) is 0 Å². The summed E-state index contributed by atoms with van der Waals surface area (Å²) in [5.74, 6) is 0.144. The molecule has 10 nitrogen and oxygen atoms in total. The Hall–Kier alpha value is -4.02. The highest BCUT2D eigenvalue weighted by Gasteiger charge is 2.28. The maximum Gasteiger partial charge on any atom is 0.419 e. The van der Waals surface area contributed by atoms with Crippen molar-refractivity contribution in [1.29, 1.82) is 0 Å². The van der Waals surface area contributed by atoms with E-state index >= 15 is 0 Å². The molecule has 0 amide bonds. The molecule has 0 spiro atoms. The van der Waals surface area contributed by atoms with Crippen LogP contribution in [-0.4, -0.2) is 9.13 Å². The quantitative estimate of drug-likeness (QED) is 0.313. The summed E-state index contributed by atoms with van der Waals surface area (Å²) < 4.78 is 25.3. The minimum atomic E-state index is -0.505. The normalized spacial score (nSPS) is 13.3. The van der Waals surface area contributed by atoms with Crippen molar-refractivity contribution < 1.29 is 18.3 Å². The number of aromatic nitrogens is 2. The Morgan fingerprint density at radius 3 is 1.53 bits per heavy atom. The fourth-order valence-electron chi connectivity index (χ4n) is 4.09.